The first-order valence-corrected chi connectivity index (χ1v) is 7.98. The number of hydrogen-bond donors (Lipinski definition) is 0. The van der Waals surface area contributed by atoms with Gasteiger partial charge >= 0.3 is 12.3 Å². The molecule has 137 valence electrons. The Balaban J connectivity index is 1.78. The van der Waals surface area contributed by atoms with Crippen LogP contribution in [-0.2, 0) is 22.3 Å². The van der Waals surface area contributed by atoms with Crippen molar-refractivity contribution in [2.24, 2.45) is 0 Å². The van der Waals surface area contributed by atoms with Gasteiger partial charge in [0.15, 0.2) is 6.29 Å². The molecule has 2 rings (SSSR count). The van der Waals surface area contributed by atoms with E-state index in [2.05, 4.69) is 4.90 Å². The van der Waals surface area contributed by atoms with Crippen molar-refractivity contribution in [2.45, 2.75) is 32.2 Å². The number of amides is 1. The molecule has 0 aliphatic carbocycles. The maximum absolute atomic E-state index is 12.5. The second-order valence-corrected chi connectivity index (χ2v) is 5.97. The van der Waals surface area contributed by atoms with Crippen molar-refractivity contribution in [2.75, 3.05) is 26.2 Å². The number of carbonyl (C=O) groups excluding carboxylic acids is 2. The fourth-order valence-corrected chi connectivity index (χ4v) is 2.62. The molecule has 1 atom stereocenters. The number of halogens is 3. The highest BCUT2D eigenvalue weighted by Gasteiger charge is 2.30. The summed E-state index contributed by atoms with van der Waals surface area (Å²) in [5.74, 6) is 0. The molecule has 1 saturated heterocycles. The third-order valence-electron chi connectivity index (χ3n) is 4.22. The molecule has 0 bridgehead atoms. The highest BCUT2D eigenvalue weighted by molar-refractivity contribution is 5.67. The zero-order valence-electron chi connectivity index (χ0n) is 13.9. The SMILES string of the molecule is CC(C[C]=O)N1CCN(C(=O)OCc2ccc(C(F)(F)F)cc2)CC1. The Morgan fingerprint density at radius 3 is 2.32 bits per heavy atom. The fourth-order valence-electron chi connectivity index (χ4n) is 2.62. The third-order valence-corrected chi connectivity index (χ3v) is 4.22. The zero-order valence-corrected chi connectivity index (χ0v) is 13.9. The number of alkyl halides is 3. The quantitative estimate of drug-likeness (QED) is 0.813. The van der Waals surface area contributed by atoms with E-state index in [4.69, 9.17) is 4.74 Å². The molecule has 1 radical (unpaired) electrons. The van der Waals surface area contributed by atoms with E-state index < -0.39 is 17.8 Å². The molecule has 0 saturated carbocycles. The van der Waals surface area contributed by atoms with E-state index in [0.717, 1.165) is 12.1 Å². The molecule has 1 aromatic carbocycles. The Morgan fingerprint density at radius 2 is 1.80 bits per heavy atom. The van der Waals surface area contributed by atoms with Crippen molar-refractivity contribution in [3.05, 3.63) is 35.4 Å². The summed E-state index contributed by atoms with van der Waals surface area (Å²) in [5, 5.41) is 0. The molecule has 5 nitrogen and oxygen atoms in total. The number of hydrogen-bond acceptors (Lipinski definition) is 4. The summed E-state index contributed by atoms with van der Waals surface area (Å²) in [7, 11) is 0. The molecule has 1 amide bonds. The normalized spacial score (nSPS) is 17.2. The first kappa shape index (κ1) is 19.2. The van der Waals surface area contributed by atoms with Gasteiger partial charge in [0.05, 0.1) is 5.56 Å². The lowest BCUT2D eigenvalue weighted by molar-refractivity contribution is -0.137. The van der Waals surface area contributed by atoms with Crippen LogP contribution in [0.25, 0.3) is 0 Å². The molecule has 25 heavy (non-hydrogen) atoms. The van der Waals surface area contributed by atoms with Crippen LogP contribution in [0.5, 0.6) is 0 Å². The van der Waals surface area contributed by atoms with Crippen LogP contribution in [0.1, 0.15) is 24.5 Å². The van der Waals surface area contributed by atoms with E-state index in [9.17, 15) is 22.8 Å². The second kappa shape index (κ2) is 8.33. The van der Waals surface area contributed by atoms with Gasteiger partial charge in [-0.15, -0.1) is 0 Å². The van der Waals surface area contributed by atoms with E-state index in [-0.39, 0.29) is 12.6 Å². The molecule has 1 aliphatic heterocycles. The van der Waals surface area contributed by atoms with Gasteiger partial charge < -0.3 is 9.64 Å². The molecule has 8 heteroatoms. The van der Waals surface area contributed by atoms with Crippen molar-refractivity contribution in [1.82, 2.24) is 9.80 Å². The highest BCUT2D eigenvalue weighted by atomic mass is 19.4. The van der Waals surface area contributed by atoms with Crippen molar-refractivity contribution < 1.29 is 27.5 Å². The molecule has 1 aliphatic rings. The minimum atomic E-state index is -4.38. The van der Waals surface area contributed by atoms with Crippen LogP contribution in [0.3, 0.4) is 0 Å². The average Bonchev–Trinajstić information content (AvgIpc) is 2.59. The molecular weight excluding hydrogens is 337 g/mol. The molecule has 0 aromatic heterocycles. The Hall–Kier alpha value is -2.09. The average molecular weight is 357 g/mol. The largest absolute Gasteiger partial charge is 0.445 e. The Kier molecular flexibility index (Phi) is 6.41. The van der Waals surface area contributed by atoms with Crippen LogP contribution < -0.4 is 0 Å². The summed E-state index contributed by atoms with van der Waals surface area (Å²) >= 11 is 0. The molecule has 0 spiro atoms. The first-order valence-electron chi connectivity index (χ1n) is 7.98. The first-order chi connectivity index (χ1) is 11.8. The van der Waals surface area contributed by atoms with Crippen molar-refractivity contribution in [1.29, 1.82) is 0 Å². The smallest absolute Gasteiger partial charge is 0.416 e. The van der Waals surface area contributed by atoms with E-state index in [1.165, 1.54) is 12.1 Å². The maximum Gasteiger partial charge on any atom is 0.416 e. The lowest BCUT2D eigenvalue weighted by Crippen LogP contribution is -2.51. The summed E-state index contributed by atoms with van der Waals surface area (Å²) in [6.45, 7) is 4.09. The van der Waals surface area contributed by atoms with E-state index in [0.29, 0.717) is 38.2 Å². The van der Waals surface area contributed by atoms with Crippen molar-refractivity contribution >= 4 is 12.4 Å². The molecule has 1 fully saturated rings. The van der Waals surface area contributed by atoms with Gasteiger partial charge in [-0.3, -0.25) is 9.69 Å². The molecule has 1 heterocycles. The number of ether oxygens (including phenoxy) is 1. The van der Waals surface area contributed by atoms with Crippen molar-refractivity contribution in [3.63, 3.8) is 0 Å². The lowest BCUT2D eigenvalue weighted by Gasteiger charge is -2.36. The van der Waals surface area contributed by atoms with Gasteiger partial charge in [-0.05, 0) is 24.6 Å². The van der Waals surface area contributed by atoms with Crippen LogP contribution in [0.4, 0.5) is 18.0 Å². The second-order valence-electron chi connectivity index (χ2n) is 5.97. The number of carbonyl (C=O) groups is 1. The van der Waals surface area contributed by atoms with Gasteiger partial charge in [0.2, 0.25) is 0 Å². The summed E-state index contributed by atoms with van der Waals surface area (Å²) in [6, 6.07) is 4.61. The van der Waals surface area contributed by atoms with Crippen LogP contribution in [-0.4, -0.2) is 54.4 Å². The van der Waals surface area contributed by atoms with Crippen LogP contribution in [0.2, 0.25) is 0 Å². The lowest BCUT2D eigenvalue weighted by atomic mass is 10.1. The summed E-state index contributed by atoms with van der Waals surface area (Å²) < 4.78 is 42.6. The number of nitrogens with zero attached hydrogens (tertiary/aromatic N) is 2. The minimum absolute atomic E-state index is 0.0757. The Labute approximate surface area is 144 Å². The maximum atomic E-state index is 12.5. The van der Waals surface area contributed by atoms with E-state index >= 15 is 0 Å². The van der Waals surface area contributed by atoms with Gasteiger partial charge in [0.1, 0.15) is 6.61 Å². The number of piperazine rings is 1. The zero-order chi connectivity index (χ0) is 18.4. The van der Waals surface area contributed by atoms with Crippen molar-refractivity contribution in [3.8, 4) is 0 Å². The topological polar surface area (TPSA) is 49.9 Å². The van der Waals surface area contributed by atoms with Crippen LogP contribution in [0.15, 0.2) is 24.3 Å². The third kappa shape index (κ3) is 5.45. The van der Waals surface area contributed by atoms with Gasteiger partial charge in [-0.25, -0.2) is 4.79 Å². The van der Waals surface area contributed by atoms with Gasteiger partial charge in [-0.2, -0.15) is 13.2 Å². The molecule has 1 unspecified atom stereocenters. The highest BCUT2D eigenvalue weighted by Crippen LogP contribution is 2.29. The summed E-state index contributed by atoms with van der Waals surface area (Å²) in [4.78, 5) is 26.1. The molecule has 0 N–H and O–H groups in total. The fraction of sp³-hybridized carbons (Fsp3) is 0.529. The van der Waals surface area contributed by atoms with Gasteiger partial charge in [-0.1, -0.05) is 12.1 Å². The minimum Gasteiger partial charge on any atom is -0.445 e. The van der Waals surface area contributed by atoms with Crippen LogP contribution in [0, 0.1) is 0 Å². The van der Waals surface area contributed by atoms with E-state index in [1.54, 1.807) is 4.90 Å². The standard InChI is InChI=1S/C17H20F3N2O3/c1-13(6-11-23)21-7-9-22(10-8-21)16(24)25-12-14-2-4-15(5-3-14)17(18,19)20/h2-5,13H,6-10,12H2,1H3. The van der Waals surface area contributed by atoms with E-state index in [1.807, 2.05) is 13.2 Å². The summed E-state index contributed by atoms with van der Waals surface area (Å²) in [5.41, 5.74) is -0.240. The predicted octanol–water partition coefficient (Wildman–Crippen LogP) is 2.85. The Morgan fingerprint density at radius 1 is 1.20 bits per heavy atom. The van der Waals surface area contributed by atoms with Gasteiger partial charge in [0.25, 0.3) is 0 Å². The van der Waals surface area contributed by atoms with Crippen LogP contribution >= 0.6 is 0 Å². The Bertz CT molecular complexity index is 582. The predicted molar refractivity (Wildman–Crippen MR) is 84.5 cm³/mol. The number of benzene rings is 1. The van der Waals surface area contributed by atoms with Gasteiger partial charge in [0, 0.05) is 38.6 Å². The molecular formula is C17H20F3N2O3. The summed E-state index contributed by atoms with van der Waals surface area (Å²) in [6.07, 6.45) is -2.66. The number of rotatable bonds is 5. The molecule has 1 aromatic rings. The monoisotopic (exact) mass is 357 g/mol.